The van der Waals surface area contributed by atoms with Crippen LogP contribution in [0.15, 0.2) is 4.21 Å². The van der Waals surface area contributed by atoms with Crippen LogP contribution in [0.3, 0.4) is 0 Å². The third kappa shape index (κ3) is 2.02. The number of fused-ring (bicyclic) bond motifs is 1. The van der Waals surface area contributed by atoms with Gasteiger partial charge in [-0.2, -0.15) is 0 Å². The van der Waals surface area contributed by atoms with Crippen molar-refractivity contribution in [3.05, 3.63) is 11.1 Å². The molecule has 1 atom stereocenters. The van der Waals surface area contributed by atoms with Gasteiger partial charge in [0.15, 0.2) is 14.9 Å². The molecule has 1 aliphatic carbocycles. The average molecular weight is 298 g/mol. The molecule has 1 aliphatic rings. The third-order valence-electron chi connectivity index (χ3n) is 2.67. The molecule has 1 N–H and O–H groups in total. The third-order valence-corrected chi connectivity index (χ3v) is 5.68. The molecule has 0 amide bonds. The minimum Gasteiger partial charge on any atom is -0.484 e. The second-order valence-electron chi connectivity index (χ2n) is 4.11. The monoisotopic (exact) mass is 298 g/mol. The normalized spacial score (nSPS) is 21.9. The second kappa shape index (κ2) is 4.14. The Hall–Kier alpha value is -0.730. The van der Waals surface area contributed by atoms with Gasteiger partial charge in [0.1, 0.15) is 10.3 Å². The summed E-state index contributed by atoms with van der Waals surface area (Å²) in [5.74, 6) is -3.34. The Morgan fingerprint density at radius 2 is 2.17 bits per heavy atom. The topological polar surface area (TPSA) is 63.6 Å². The number of aliphatic hydroxyl groups excluding tert-OH is 1. The lowest BCUT2D eigenvalue weighted by Crippen LogP contribution is -2.22. The molecule has 0 aliphatic heterocycles. The molecule has 4 nitrogen and oxygen atoms in total. The van der Waals surface area contributed by atoms with E-state index in [0.717, 1.165) is 17.6 Å². The SMILES string of the molecule is CCOc1sc(S(C)(=O)=O)c2c1CC(F)(F)[C@H]2O. The Bertz CT molecular complexity index is 577. The first-order valence-corrected chi connectivity index (χ1v) is 7.93. The van der Waals surface area contributed by atoms with Gasteiger partial charge in [-0.15, -0.1) is 0 Å². The Kier molecular flexibility index (Phi) is 3.15. The van der Waals surface area contributed by atoms with E-state index in [0.29, 0.717) is 0 Å². The zero-order valence-corrected chi connectivity index (χ0v) is 11.4. The highest BCUT2D eigenvalue weighted by atomic mass is 32.2. The average Bonchev–Trinajstić information content (AvgIpc) is 2.65. The van der Waals surface area contributed by atoms with Crippen LogP contribution in [0.25, 0.3) is 0 Å². The molecule has 102 valence electrons. The van der Waals surface area contributed by atoms with E-state index in [1.54, 1.807) is 6.92 Å². The number of sulfone groups is 1. The van der Waals surface area contributed by atoms with Crippen molar-refractivity contribution in [2.24, 2.45) is 0 Å². The molecule has 0 fully saturated rings. The maximum absolute atomic E-state index is 13.5. The predicted molar refractivity (Wildman–Crippen MR) is 62.2 cm³/mol. The molecular weight excluding hydrogens is 286 g/mol. The van der Waals surface area contributed by atoms with Crippen molar-refractivity contribution < 1.29 is 27.0 Å². The number of rotatable bonds is 3. The minimum atomic E-state index is -3.66. The molecule has 0 aromatic carbocycles. The Morgan fingerprint density at radius 1 is 1.56 bits per heavy atom. The summed E-state index contributed by atoms with van der Waals surface area (Å²) in [4.78, 5) is 0. The van der Waals surface area contributed by atoms with Crippen LogP contribution in [0.4, 0.5) is 8.78 Å². The molecule has 0 bridgehead atoms. The Balaban J connectivity index is 2.65. The van der Waals surface area contributed by atoms with E-state index >= 15 is 0 Å². The number of thiophene rings is 1. The summed E-state index contributed by atoms with van der Waals surface area (Å²) >= 11 is 0.794. The fraction of sp³-hybridized carbons (Fsp3) is 0.600. The molecule has 0 radical (unpaired) electrons. The number of alkyl halides is 2. The first-order valence-electron chi connectivity index (χ1n) is 5.22. The fourth-order valence-corrected chi connectivity index (χ4v) is 4.41. The highest BCUT2D eigenvalue weighted by Crippen LogP contribution is 2.53. The van der Waals surface area contributed by atoms with Crippen LogP contribution in [0, 0.1) is 0 Å². The lowest BCUT2D eigenvalue weighted by Gasteiger charge is -2.14. The van der Waals surface area contributed by atoms with Crippen molar-refractivity contribution in [1.82, 2.24) is 0 Å². The first kappa shape index (κ1) is 13.7. The van der Waals surface area contributed by atoms with Gasteiger partial charge < -0.3 is 9.84 Å². The second-order valence-corrected chi connectivity index (χ2v) is 7.31. The van der Waals surface area contributed by atoms with Crippen LogP contribution in [-0.4, -0.2) is 32.3 Å². The molecule has 1 aromatic rings. The van der Waals surface area contributed by atoms with Crippen LogP contribution < -0.4 is 4.74 Å². The minimum absolute atomic E-state index is 0.111. The maximum Gasteiger partial charge on any atom is 0.281 e. The van der Waals surface area contributed by atoms with Gasteiger partial charge in [0.25, 0.3) is 5.92 Å². The summed E-state index contributed by atoms with van der Waals surface area (Å²) in [6, 6.07) is 0. The zero-order valence-electron chi connectivity index (χ0n) is 9.74. The van der Waals surface area contributed by atoms with E-state index in [4.69, 9.17) is 4.74 Å². The van der Waals surface area contributed by atoms with Gasteiger partial charge in [-0.1, -0.05) is 11.3 Å². The lowest BCUT2D eigenvalue weighted by molar-refractivity contribution is -0.0976. The van der Waals surface area contributed by atoms with Gasteiger partial charge in [0, 0.05) is 23.8 Å². The molecule has 1 aromatic heterocycles. The van der Waals surface area contributed by atoms with Gasteiger partial charge >= 0.3 is 0 Å². The van der Waals surface area contributed by atoms with Gasteiger partial charge in [0.05, 0.1) is 6.61 Å². The highest BCUT2D eigenvalue weighted by Gasteiger charge is 2.51. The standard InChI is InChI=1S/C10H12F2O4S2/c1-3-16-8-5-4-10(11,12)7(13)6(5)9(17-8)18(2,14)15/h7,13H,3-4H2,1-2H3/t7-/m0/s1. The zero-order chi connectivity index (χ0) is 13.7. The molecule has 8 heteroatoms. The van der Waals surface area contributed by atoms with E-state index in [2.05, 4.69) is 0 Å². The molecule has 0 saturated heterocycles. The van der Waals surface area contributed by atoms with E-state index in [-0.39, 0.29) is 27.0 Å². The highest BCUT2D eigenvalue weighted by molar-refractivity contribution is 7.92. The summed E-state index contributed by atoms with van der Waals surface area (Å²) in [5.41, 5.74) is -0.0873. The van der Waals surface area contributed by atoms with Crippen molar-refractivity contribution in [2.75, 3.05) is 12.9 Å². The van der Waals surface area contributed by atoms with Crippen molar-refractivity contribution in [1.29, 1.82) is 0 Å². The predicted octanol–water partition coefficient (Wildman–Crippen LogP) is 1.78. The van der Waals surface area contributed by atoms with Crippen molar-refractivity contribution >= 4 is 21.2 Å². The van der Waals surface area contributed by atoms with Gasteiger partial charge in [-0.25, -0.2) is 17.2 Å². The molecule has 0 unspecified atom stereocenters. The Labute approximate surface area is 107 Å². The molecule has 0 spiro atoms. The number of hydrogen-bond acceptors (Lipinski definition) is 5. The van der Waals surface area contributed by atoms with E-state index in [9.17, 15) is 22.3 Å². The van der Waals surface area contributed by atoms with Crippen LogP contribution >= 0.6 is 11.3 Å². The number of ether oxygens (including phenoxy) is 1. The molecule has 1 heterocycles. The van der Waals surface area contributed by atoms with Crippen molar-refractivity contribution in [3.8, 4) is 5.06 Å². The van der Waals surface area contributed by atoms with Crippen LogP contribution in [0.2, 0.25) is 0 Å². The summed E-state index contributed by atoms with van der Waals surface area (Å²) < 4.78 is 55.0. The quantitative estimate of drug-likeness (QED) is 0.924. The smallest absolute Gasteiger partial charge is 0.281 e. The van der Waals surface area contributed by atoms with Gasteiger partial charge in [-0.3, -0.25) is 0 Å². The first-order chi connectivity index (χ1) is 8.18. The molecule has 2 rings (SSSR count). The van der Waals surface area contributed by atoms with Crippen LogP contribution in [0.1, 0.15) is 24.2 Å². The molecule has 0 saturated carbocycles. The van der Waals surface area contributed by atoms with Crippen LogP contribution in [0.5, 0.6) is 5.06 Å². The molecular formula is C10H12F2O4S2. The summed E-state index contributed by atoms with van der Waals surface area (Å²) in [5, 5.41) is 9.73. The van der Waals surface area contributed by atoms with E-state index < -0.39 is 28.3 Å². The summed E-state index contributed by atoms with van der Waals surface area (Å²) in [7, 11) is -3.66. The van der Waals surface area contributed by atoms with Crippen molar-refractivity contribution in [3.63, 3.8) is 0 Å². The maximum atomic E-state index is 13.5. The van der Waals surface area contributed by atoms with E-state index in [1.165, 1.54) is 0 Å². The lowest BCUT2D eigenvalue weighted by atomic mass is 10.2. The summed E-state index contributed by atoms with van der Waals surface area (Å²) in [6.07, 6.45) is -1.84. The number of aliphatic hydroxyl groups is 1. The molecule has 18 heavy (non-hydrogen) atoms. The fourth-order valence-electron chi connectivity index (χ4n) is 1.94. The van der Waals surface area contributed by atoms with E-state index in [1.807, 2.05) is 0 Å². The van der Waals surface area contributed by atoms with Gasteiger partial charge in [0.2, 0.25) is 0 Å². The number of hydrogen-bond donors (Lipinski definition) is 1. The van der Waals surface area contributed by atoms with Gasteiger partial charge in [-0.05, 0) is 6.92 Å². The number of halogens is 2. The summed E-state index contributed by atoms with van der Waals surface area (Å²) in [6.45, 7) is 1.92. The van der Waals surface area contributed by atoms with Crippen molar-refractivity contribution in [2.45, 2.75) is 29.6 Å². The van der Waals surface area contributed by atoms with Crippen LogP contribution in [-0.2, 0) is 16.3 Å². The Morgan fingerprint density at radius 3 is 2.67 bits per heavy atom. The largest absolute Gasteiger partial charge is 0.484 e.